The maximum Gasteiger partial charge on any atom is 0.239 e. The molecule has 6 nitrogen and oxygen atoms in total. The Morgan fingerprint density at radius 3 is 2.85 bits per heavy atom. The molecule has 1 saturated heterocycles. The second kappa shape index (κ2) is 6.26. The molecule has 0 aliphatic carbocycles. The van der Waals surface area contributed by atoms with E-state index in [1.54, 1.807) is 0 Å². The number of carbonyl (C=O) groups is 1. The van der Waals surface area contributed by atoms with Crippen molar-refractivity contribution < 1.29 is 4.79 Å². The molecule has 0 saturated carbocycles. The lowest BCUT2D eigenvalue weighted by Gasteiger charge is -2.29. The van der Waals surface area contributed by atoms with Crippen molar-refractivity contribution in [3.8, 4) is 0 Å². The van der Waals surface area contributed by atoms with Gasteiger partial charge in [-0.2, -0.15) is 5.10 Å². The van der Waals surface area contributed by atoms with Gasteiger partial charge in [0, 0.05) is 32.2 Å². The zero-order valence-corrected chi connectivity index (χ0v) is 12.9. The van der Waals surface area contributed by atoms with Gasteiger partial charge >= 0.3 is 0 Å². The van der Waals surface area contributed by atoms with Gasteiger partial charge in [0.25, 0.3) is 0 Å². The molecule has 6 heteroatoms. The lowest BCUT2D eigenvalue weighted by Crippen LogP contribution is -2.48. The van der Waals surface area contributed by atoms with Gasteiger partial charge in [-0.05, 0) is 19.4 Å². The number of anilines is 1. The molecule has 0 atom stereocenters. The van der Waals surface area contributed by atoms with Gasteiger partial charge in [0.1, 0.15) is 5.82 Å². The third-order valence-electron chi connectivity index (χ3n) is 3.51. The zero-order chi connectivity index (χ0) is 14.7. The summed E-state index contributed by atoms with van der Waals surface area (Å²) in [6.07, 6.45) is 0. The summed E-state index contributed by atoms with van der Waals surface area (Å²) in [4.78, 5) is 13.7. The van der Waals surface area contributed by atoms with E-state index in [2.05, 4.69) is 34.5 Å². The highest BCUT2D eigenvalue weighted by Gasteiger charge is 2.23. The van der Waals surface area contributed by atoms with Crippen LogP contribution in [0.1, 0.15) is 25.1 Å². The van der Waals surface area contributed by atoms with Crippen molar-refractivity contribution in [2.45, 2.75) is 27.3 Å². The molecular formula is C14H25N5O. The van der Waals surface area contributed by atoms with Gasteiger partial charge in [-0.15, -0.1) is 0 Å². The molecule has 112 valence electrons. The average Bonchev–Trinajstić information content (AvgIpc) is 2.64. The first kappa shape index (κ1) is 14.8. The Kier molecular flexibility index (Phi) is 4.65. The summed E-state index contributed by atoms with van der Waals surface area (Å²) >= 11 is 0. The number of rotatable bonds is 5. The Balaban J connectivity index is 2.16. The summed E-state index contributed by atoms with van der Waals surface area (Å²) < 4.78 is 1.89. The molecule has 2 N–H and O–H groups in total. The highest BCUT2D eigenvalue weighted by Crippen LogP contribution is 2.23. The van der Waals surface area contributed by atoms with Crippen molar-refractivity contribution in [3.63, 3.8) is 0 Å². The number of aryl methyl sites for hydroxylation is 2. The molecule has 2 heterocycles. The molecule has 0 bridgehead atoms. The Labute approximate surface area is 120 Å². The number of amides is 1. The van der Waals surface area contributed by atoms with Crippen LogP contribution in [0, 0.1) is 12.8 Å². The first-order valence-electron chi connectivity index (χ1n) is 7.24. The fraction of sp³-hybridized carbons (Fsp3) is 0.714. The van der Waals surface area contributed by atoms with Crippen molar-refractivity contribution in [1.29, 1.82) is 0 Å². The highest BCUT2D eigenvalue weighted by molar-refractivity contribution is 5.82. The predicted molar refractivity (Wildman–Crippen MR) is 79.7 cm³/mol. The smallest absolute Gasteiger partial charge is 0.239 e. The van der Waals surface area contributed by atoms with Gasteiger partial charge in [0.05, 0.1) is 12.2 Å². The summed E-state index contributed by atoms with van der Waals surface area (Å²) in [6, 6.07) is 0. The normalized spacial score (nSPS) is 15.8. The van der Waals surface area contributed by atoms with Crippen LogP contribution in [0.4, 0.5) is 5.82 Å². The van der Waals surface area contributed by atoms with Crippen molar-refractivity contribution in [3.05, 3.63) is 11.3 Å². The van der Waals surface area contributed by atoms with E-state index in [9.17, 15) is 4.79 Å². The quantitative estimate of drug-likeness (QED) is 0.819. The van der Waals surface area contributed by atoms with Crippen LogP contribution in [-0.4, -0.2) is 41.9 Å². The Hall–Kier alpha value is -1.56. The van der Waals surface area contributed by atoms with Crippen LogP contribution in [-0.2, 0) is 18.4 Å². The van der Waals surface area contributed by atoms with Crippen molar-refractivity contribution >= 4 is 11.7 Å². The summed E-state index contributed by atoms with van der Waals surface area (Å²) in [5.41, 5.74) is 2.23. The molecule has 1 fully saturated rings. The SMILES string of the molecule is Cc1nn(C)c(N2CCNC(=O)C2)c1CNCC(C)C. The molecule has 1 aliphatic heterocycles. The molecule has 2 rings (SSSR count). The fourth-order valence-corrected chi connectivity index (χ4v) is 2.60. The molecule has 0 aromatic carbocycles. The molecule has 0 radical (unpaired) electrons. The first-order chi connectivity index (χ1) is 9.49. The second-order valence-electron chi connectivity index (χ2n) is 5.81. The number of hydrogen-bond acceptors (Lipinski definition) is 4. The average molecular weight is 279 g/mol. The molecule has 0 spiro atoms. The monoisotopic (exact) mass is 279 g/mol. The van der Waals surface area contributed by atoms with Crippen LogP contribution in [0.2, 0.25) is 0 Å². The maximum atomic E-state index is 11.6. The minimum absolute atomic E-state index is 0.0798. The Bertz CT molecular complexity index is 480. The van der Waals surface area contributed by atoms with E-state index in [-0.39, 0.29) is 5.91 Å². The molecule has 20 heavy (non-hydrogen) atoms. The van der Waals surface area contributed by atoms with E-state index in [0.717, 1.165) is 31.1 Å². The van der Waals surface area contributed by atoms with E-state index in [0.29, 0.717) is 19.0 Å². The second-order valence-corrected chi connectivity index (χ2v) is 5.81. The van der Waals surface area contributed by atoms with Crippen molar-refractivity contribution in [1.82, 2.24) is 20.4 Å². The summed E-state index contributed by atoms with van der Waals surface area (Å²) in [5, 5.41) is 10.8. The topological polar surface area (TPSA) is 62.2 Å². The number of carbonyl (C=O) groups excluding carboxylic acids is 1. The predicted octanol–water partition coefficient (Wildman–Crippen LogP) is 0.410. The number of nitrogens with zero attached hydrogens (tertiary/aromatic N) is 3. The van der Waals surface area contributed by atoms with Crippen LogP contribution in [0.25, 0.3) is 0 Å². The minimum Gasteiger partial charge on any atom is -0.353 e. The van der Waals surface area contributed by atoms with Crippen LogP contribution < -0.4 is 15.5 Å². The van der Waals surface area contributed by atoms with E-state index in [1.165, 1.54) is 5.56 Å². The van der Waals surface area contributed by atoms with Crippen LogP contribution in [0.5, 0.6) is 0 Å². The van der Waals surface area contributed by atoms with E-state index < -0.39 is 0 Å². The number of aromatic nitrogens is 2. The third kappa shape index (κ3) is 3.30. The van der Waals surface area contributed by atoms with Gasteiger partial charge in [0.15, 0.2) is 0 Å². The van der Waals surface area contributed by atoms with Crippen LogP contribution in [0.3, 0.4) is 0 Å². The molecule has 1 aromatic rings. The summed E-state index contributed by atoms with van der Waals surface area (Å²) in [6.45, 7) is 10.1. The number of hydrogen-bond donors (Lipinski definition) is 2. The van der Waals surface area contributed by atoms with E-state index in [1.807, 2.05) is 18.7 Å². The highest BCUT2D eigenvalue weighted by atomic mass is 16.2. The summed E-state index contributed by atoms with van der Waals surface area (Å²) in [7, 11) is 1.95. The molecule has 1 aromatic heterocycles. The fourth-order valence-electron chi connectivity index (χ4n) is 2.60. The van der Waals surface area contributed by atoms with Crippen LogP contribution >= 0.6 is 0 Å². The van der Waals surface area contributed by atoms with Gasteiger partial charge in [-0.1, -0.05) is 13.8 Å². The summed E-state index contributed by atoms with van der Waals surface area (Å²) in [5.74, 6) is 1.76. The largest absolute Gasteiger partial charge is 0.353 e. The zero-order valence-electron chi connectivity index (χ0n) is 12.9. The van der Waals surface area contributed by atoms with Gasteiger partial charge in [-0.25, -0.2) is 0 Å². The third-order valence-corrected chi connectivity index (χ3v) is 3.51. The molecule has 0 unspecified atom stereocenters. The Morgan fingerprint density at radius 1 is 1.45 bits per heavy atom. The molecular weight excluding hydrogens is 254 g/mol. The maximum absolute atomic E-state index is 11.6. The molecule has 1 amide bonds. The number of piperazine rings is 1. The first-order valence-corrected chi connectivity index (χ1v) is 7.24. The minimum atomic E-state index is 0.0798. The standard InChI is InChI=1S/C14H25N5O/c1-10(2)7-15-8-12-11(3)17-18(4)14(12)19-6-5-16-13(20)9-19/h10,15H,5-9H2,1-4H3,(H,16,20). The van der Waals surface area contributed by atoms with E-state index in [4.69, 9.17) is 0 Å². The molecule has 1 aliphatic rings. The van der Waals surface area contributed by atoms with Gasteiger partial charge in [0.2, 0.25) is 5.91 Å². The lowest BCUT2D eigenvalue weighted by molar-refractivity contribution is -0.120. The van der Waals surface area contributed by atoms with E-state index >= 15 is 0 Å². The van der Waals surface area contributed by atoms with Gasteiger partial charge < -0.3 is 15.5 Å². The Morgan fingerprint density at radius 2 is 2.20 bits per heavy atom. The lowest BCUT2D eigenvalue weighted by atomic mass is 10.2. The van der Waals surface area contributed by atoms with Gasteiger partial charge in [-0.3, -0.25) is 9.48 Å². The number of nitrogens with one attached hydrogen (secondary N) is 2. The van der Waals surface area contributed by atoms with Crippen LogP contribution in [0.15, 0.2) is 0 Å². The van der Waals surface area contributed by atoms with Crippen molar-refractivity contribution in [2.24, 2.45) is 13.0 Å². The van der Waals surface area contributed by atoms with Crippen molar-refractivity contribution in [2.75, 3.05) is 31.1 Å².